The van der Waals surface area contributed by atoms with Gasteiger partial charge in [-0.05, 0) is 42.8 Å². The first-order valence-electron chi connectivity index (χ1n) is 5.99. The number of hydrogen-bond acceptors (Lipinski definition) is 2. The van der Waals surface area contributed by atoms with Gasteiger partial charge in [0.25, 0.3) is 0 Å². The van der Waals surface area contributed by atoms with E-state index in [0.29, 0.717) is 10.6 Å². The highest BCUT2D eigenvalue weighted by atomic mass is 35.5. The Morgan fingerprint density at radius 1 is 1.35 bits per heavy atom. The molecule has 0 aliphatic heterocycles. The highest BCUT2D eigenvalue weighted by Crippen LogP contribution is 2.22. The van der Waals surface area contributed by atoms with E-state index in [1.807, 2.05) is 0 Å². The van der Waals surface area contributed by atoms with Crippen molar-refractivity contribution in [3.63, 3.8) is 0 Å². The Kier molecular flexibility index (Phi) is 4.25. The molecule has 2 aromatic rings. The lowest BCUT2D eigenvalue weighted by Gasteiger charge is -2.12. The molecule has 2 rings (SSSR count). The highest BCUT2D eigenvalue weighted by molar-refractivity contribution is 6.31. The van der Waals surface area contributed by atoms with E-state index < -0.39 is 5.97 Å². The zero-order valence-electron chi connectivity index (χ0n) is 10.8. The fourth-order valence-corrected chi connectivity index (χ4v) is 2.11. The van der Waals surface area contributed by atoms with Crippen LogP contribution in [0.3, 0.4) is 0 Å². The first-order chi connectivity index (χ1) is 9.49. The lowest BCUT2D eigenvalue weighted by molar-refractivity contribution is 0.0697. The number of carbonyl (C=O) groups is 1. The van der Waals surface area contributed by atoms with Gasteiger partial charge in [0.15, 0.2) is 0 Å². The van der Waals surface area contributed by atoms with Crippen molar-refractivity contribution < 1.29 is 14.3 Å². The van der Waals surface area contributed by atoms with Crippen LogP contribution in [0, 0.1) is 12.7 Å². The van der Waals surface area contributed by atoms with Crippen LogP contribution in [0.25, 0.3) is 0 Å². The molecule has 5 heteroatoms. The third-order valence-electron chi connectivity index (χ3n) is 2.99. The number of halogens is 2. The molecule has 104 valence electrons. The van der Waals surface area contributed by atoms with Crippen molar-refractivity contribution in [1.29, 1.82) is 0 Å². The Hall–Kier alpha value is -2.07. The van der Waals surface area contributed by atoms with Gasteiger partial charge in [-0.1, -0.05) is 17.7 Å². The molecule has 0 heterocycles. The van der Waals surface area contributed by atoms with Gasteiger partial charge in [-0.25, -0.2) is 9.18 Å². The molecule has 0 saturated heterocycles. The number of benzene rings is 2. The molecule has 0 unspecified atom stereocenters. The van der Waals surface area contributed by atoms with Gasteiger partial charge in [0.1, 0.15) is 5.82 Å². The van der Waals surface area contributed by atoms with Crippen molar-refractivity contribution in [2.75, 3.05) is 5.32 Å². The minimum atomic E-state index is -0.975. The maximum atomic E-state index is 13.6. The highest BCUT2D eigenvalue weighted by Gasteiger charge is 2.09. The van der Waals surface area contributed by atoms with E-state index >= 15 is 0 Å². The Bertz CT molecular complexity index is 638. The zero-order chi connectivity index (χ0) is 14.7. The van der Waals surface area contributed by atoms with Crippen LogP contribution in [0.1, 0.15) is 21.5 Å². The molecule has 0 radical (unpaired) electrons. The normalized spacial score (nSPS) is 10.3. The van der Waals surface area contributed by atoms with Crippen LogP contribution in [0.15, 0.2) is 36.4 Å². The van der Waals surface area contributed by atoms with Crippen LogP contribution < -0.4 is 5.32 Å². The van der Waals surface area contributed by atoms with E-state index in [1.165, 1.54) is 12.1 Å². The number of carboxylic acids is 1. The molecular formula is C15H13ClFNO2. The Morgan fingerprint density at radius 3 is 2.70 bits per heavy atom. The fourth-order valence-electron chi connectivity index (χ4n) is 1.88. The number of anilines is 1. The summed E-state index contributed by atoms with van der Waals surface area (Å²) in [7, 11) is 0. The Balaban J connectivity index is 2.17. The topological polar surface area (TPSA) is 49.3 Å². The average molecular weight is 294 g/mol. The molecule has 2 N–H and O–H groups in total. The van der Waals surface area contributed by atoms with Crippen LogP contribution in [0.5, 0.6) is 0 Å². The zero-order valence-corrected chi connectivity index (χ0v) is 11.5. The summed E-state index contributed by atoms with van der Waals surface area (Å²) in [5.74, 6) is -1.35. The third-order valence-corrected chi connectivity index (χ3v) is 3.34. The number of nitrogens with one attached hydrogen (secondary N) is 1. The van der Waals surface area contributed by atoms with Crippen molar-refractivity contribution in [2.24, 2.45) is 0 Å². The van der Waals surface area contributed by atoms with E-state index in [2.05, 4.69) is 5.32 Å². The maximum absolute atomic E-state index is 13.6. The van der Waals surface area contributed by atoms with Crippen molar-refractivity contribution in [1.82, 2.24) is 0 Å². The van der Waals surface area contributed by atoms with Crippen molar-refractivity contribution in [2.45, 2.75) is 13.5 Å². The number of aryl methyl sites for hydroxylation is 1. The van der Waals surface area contributed by atoms with Gasteiger partial charge in [-0.2, -0.15) is 0 Å². The molecule has 0 aromatic heterocycles. The van der Waals surface area contributed by atoms with E-state index in [-0.39, 0.29) is 17.9 Å². The van der Waals surface area contributed by atoms with Gasteiger partial charge in [0.05, 0.1) is 5.56 Å². The second-order valence-electron chi connectivity index (χ2n) is 4.39. The second kappa shape index (κ2) is 5.92. The maximum Gasteiger partial charge on any atom is 0.335 e. The summed E-state index contributed by atoms with van der Waals surface area (Å²) < 4.78 is 13.6. The molecular weight excluding hydrogens is 281 g/mol. The summed E-state index contributed by atoms with van der Waals surface area (Å²) in [5.41, 5.74) is 2.12. The van der Waals surface area contributed by atoms with Gasteiger partial charge in [-0.15, -0.1) is 0 Å². The minimum Gasteiger partial charge on any atom is -0.478 e. The van der Waals surface area contributed by atoms with Crippen molar-refractivity contribution in [3.05, 3.63) is 63.9 Å². The molecule has 0 atom stereocenters. The van der Waals surface area contributed by atoms with Crippen LogP contribution in [-0.2, 0) is 6.54 Å². The predicted octanol–water partition coefficient (Wildman–Crippen LogP) is 4.10. The second-order valence-corrected chi connectivity index (χ2v) is 4.80. The molecule has 0 aliphatic rings. The number of hydrogen-bond donors (Lipinski definition) is 2. The molecule has 0 saturated carbocycles. The summed E-state index contributed by atoms with van der Waals surface area (Å²) >= 11 is 5.94. The van der Waals surface area contributed by atoms with Crippen molar-refractivity contribution >= 4 is 23.3 Å². The van der Waals surface area contributed by atoms with Gasteiger partial charge in [-0.3, -0.25) is 0 Å². The summed E-state index contributed by atoms with van der Waals surface area (Å²) in [6, 6.07) is 9.25. The fraction of sp³-hybridized carbons (Fsp3) is 0.133. The first kappa shape index (κ1) is 14.3. The lowest BCUT2D eigenvalue weighted by atomic mass is 10.1. The van der Waals surface area contributed by atoms with Crippen molar-refractivity contribution in [3.8, 4) is 0 Å². The molecule has 0 aliphatic carbocycles. The SMILES string of the molecule is Cc1cc(C(=O)O)ccc1NCc1c(F)cccc1Cl. The van der Waals surface area contributed by atoms with E-state index in [1.54, 1.807) is 31.2 Å². The standard InChI is InChI=1S/C15H13ClFNO2/c1-9-7-10(15(19)20)5-6-14(9)18-8-11-12(16)3-2-4-13(11)17/h2-7,18H,8H2,1H3,(H,19,20). The quantitative estimate of drug-likeness (QED) is 0.892. The number of rotatable bonds is 4. The van der Waals surface area contributed by atoms with E-state index in [9.17, 15) is 9.18 Å². The molecule has 2 aromatic carbocycles. The molecule has 0 fully saturated rings. The van der Waals surface area contributed by atoms with Crippen LogP contribution in [0.4, 0.5) is 10.1 Å². The van der Waals surface area contributed by atoms with Crippen LogP contribution in [-0.4, -0.2) is 11.1 Å². The van der Waals surface area contributed by atoms with Gasteiger partial charge >= 0.3 is 5.97 Å². The monoisotopic (exact) mass is 293 g/mol. The molecule has 0 spiro atoms. The minimum absolute atomic E-state index is 0.219. The average Bonchev–Trinajstić information content (AvgIpc) is 2.39. The molecule has 3 nitrogen and oxygen atoms in total. The number of carboxylic acid groups (broad SMARTS) is 1. The molecule has 0 amide bonds. The lowest BCUT2D eigenvalue weighted by Crippen LogP contribution is -2.05. The summed E-state index contributed by atoms with van der Waals surface area (Å²) in [5, 5.41) is 12.3. The summed E-state index contributed by atoms with van der Waals surface area (Å²) in [6.45, 7) is 2.02. The van der Waals surface area contributed by atoms with Gasteiger partial charge < -0.3 is 10.4 Å². The summed E-state index contributed by atoms with van der Waals surface area (Å²) in [6.07, 6.45) is 0. The smallest absolute Gasteiger partial charge is 0.335 e. The van der Waals surface area contributed by atoms with Gasteiger partial charge in [0, 0.05) is 22.8 Å². The largest absolute Gasteiger partial charge is 0.478 e. The van der Waals surface area contributed by atoms with Gasteiger partial charge in [0.2, 0.25) is 0 Å². The summed E-state index contributed by atoms with van der Waals surface area (Å²) in [4.78, 5) is 10.8. The Morgan fingerprint density at radius 2 is 2.10 bits per heavy atom. The Labute approximate surface area is 121 Å². The number of aromatic carboxylic acids is 1. The molecule has 0 bridgehead atoms. The third kappa shape index (κ3) is 3.08. The van der Waals surface area contributed by atoms with Crippen LogP contribution >= 0.6 is 11.6 Å². The first-order valence-corrected chi connectivity index (χ1v) is 6.37. The van der Waals surface area contributed by atoms with Crippen LogP contribution in [0.2, 0.25) is 5.02 Å². The van der Waals surface area contributed by atoms with E-state index in [0.717, 1.165) is 11.3 Å². The molecule has 20 heavy (non-hydrogen) atoms. The van der Waals surface area contributed by atoms with E-state index in [4.69, 9.17) is 16.7 Å². The predicted molar refractivity (Wildman–Crippen MR) is 76.9 cm³/mol.